The summed E-state index contributed by atoms with van der Waals surface area (Å²) in [4.78, 5) is 7.07. The van der Waals surface area contributed by atoms with Gasteiger partial charge in [0.1, 0.15) is 5.01 Å². The van der Waals surface area contributed by atoms with Crippen LogP contribution in [0.5, 0.6) is 0 Å². The molecular weight excluding hydrogens is 300 g/mol. The molecule has 0 spiro atoms. The fourth-order valence-electron chi connectivity index (χ4n) is 2.48. The third-order valence-electron chi connectivity index (χ3n) is 3.96. The molecule has 1 aromatic heterocycles. The number of halogens is 1. The van der Waals surface area contributed by atoms with Crippen LogP contribution in [0.15, 0.2) is 29.6 Å². The van der Waals surface area contributed by atoms with E-state index in [9.17, 15) is 0 Å². The van der Waals surface area contributed by atoms with E-state index >= 15 is 0 Å². The molecule has 1 saturated carbocycles. The highest BCUT2D eigenvalue weighted by Crippen LogP contribution is 2.30. The predicted octanol–water partition coefficient (Wildman–Crippen LogP) is 4.78. The van der Waals surface area contributed by atoms with Crippen molar-refractivity contribution in [2.75, 3.05) is 13.1 Å². The van der Waals surface area contributed by atoms with E-state index in [0.29, 0.717) is 5.88 Å². The zero-order chi connectivity index (χ0) is 14.7. The summed E-state index contributed by atoms with van der Waals surface area (Å²) in [7, 11) is 0. The molecule has 0 bridgehead atoms. The van der Waals surface area contributed by atoms with Crippen LogP contribution < -0.4 is 0 Å². The average Bonchev–Trinajstić information content (AvgIpc) is 3.21. The maximum absolute atomic E-state index is 5.81. The van der Waals surface area contributed by atoms with Gasteiger partial charge in [-0.3, -0.25) is 4.90 Å². The van der Waals surface area contributed by atoms with E-state index in [1.165, 1.54) is 30.5 Å². The van der Waals surface area contributed by atoms with E-state index in [0.717, 1.165) is 29.7 Å². The van der Waals surface area contributed by atoms with Crippen molar-refractivity contribution in [3.63, 3.8) is 0 Å². The van der Waals surface area contributed by atoms with Crippen LogP contribution >= 0.6 is 22.9 Å². The number of hydrogen-bond acceptors (Lipinski definition) is 3. The summed E-state index contributed by atoms with van der Waals surface area (Å²) in [5, 5.41) is 3.09. The van der Waals surface area contributed by atoms with E-state index in [-0.39, 0.29) is 0 Å². The molecule has 112 valence electrons. The zero-order valence-corrected chi connectivity index (χ0v) is 14.0. The lowest BCUT2D eigenvalue weighted by Crippen LogP contribution is -2.25. The van der Waals surface area contributed by atoms with Crippen molar-refractivity contribution in [3.05, 3.63) is 40.9 Å². The highest BCUT2D eigenvalue weighted by molar-refractivity contribution is 7.13. The minimum atomic E-state index is 0.487. The molecule has 1 fully saturated rings. The van der Waals surface area contributed by atoms with Gasteiger partial charge in [0.25, 0.3) is 0 Å². The number of aromatic nitrogens is 1. The first-order valence-electron chi connectivity index (χ1n) is 7.60. The van der Waals surface area contributed by atoms with Crippen LogP contribution in [0.4, 0.5) is 0 Å². The molecule has 1 heterocycles. The molecule has 1 aliphatic carbocycles. The van der Waals surface area contributed by atoms with Gasteiger partial charge in [0.2, 0.25) is 0 Å². The minimum absolute atomic E-state index is 0.487. The number of thiazole rings is 1. The van der Waals surface area contributed by atoms with Crippen molar-refractivity contribution in [1.82, 2.24) is 9.88 Å². The fraction of sp³-hybridized carbons (Fsp3) is 0.471. The second kappa shape index (κ2) is 6.91. The smallest absolute Gasteiger partial charge is 0.123 e. The van der Waals surface area contributed by atoms with Crippen molar-refractivity contribution in [1.29, 1.82) is 0 Å². The number of benzene rings is 1. The van der Waals surface area contributed by atoms with Crippen molar-refractivity contribution >= 4 is 22.9 Å². The summed E-state index contributed by atoms with van der Waals surface area (Å²) < 4.78 is 0. The van der Waals surface area contributed by atoms with Crippen molar-refractivity contribution in [2.45, 2.75) is 32.2 Å². The fourth-order valence-corrected chi connectivity index (χ4v) is 3.54. The Morgan fingerprint density at radius 1 is 1.29 bits per heavy atom. The number of alkyl halides is 1. The molecule has 2 aromatic rings. The molecule has 21 heavy (non-hydrogen) atoms. The first-order valence-corrected chi connectivity index (χ1v) is 9.02. The van der Waals surface area contributed by atoms with Gasteiger partial charge in [-0.05, 0) is 30.9 Å². The molecule has 0 unspecified atom stereocenters. The Labute approximate surface area is 135 Å². The Balaban J connectivity index is 1.65. The van der Waals surface area contributed by atoms with Gasteiger partial charge in [0.15, 0.2) is 0 Å². The van der Waals surface area contributed by atoms with Gasteiger partial charge in [-0.25, -0.2) is 4.98 Å². The van der Waals surface area contributed by atoms with Crippen molar-refractivity contribution in [2.24, 2.45) is 5.92 Å². The maximum Gasteiger partial charge on any atom is 0.123 e. The van der Waals surface area contributed by atoms with Gasteiger partial charge in [-0.2, -0.15) is 0 Å². The van der Waals surface area contributed by atoms with E-state index < -0.39 is 0 Å². The van der Waals surface area contributed by atoms with Gasteiger partial charge in [-0.1, -0.05) is 31.2 Å². The maximum atomic E-state index is 5.81. The van der Waals surface area contributed by atoms with Crippen molar-refractivity contribution < 1.29 is 0 Å². The van der Waals surface area contributed by atoms with E-state index in [1.54, 1.807) is 11.3 Å². The first-order chi connectivity index (χ1) is 10.3. The number of rotatable bonds is 7. The lowest BCUT2D eigenvalue weighted by atomic mass is 10.1. The largest absolute Gasteiger partial charge is 0.299 e. The molecule has 0 amide bonds. The summed E-state index contributed by atoms with van der Waals surface area (Å²) in [6, 6.07) is 8.81. The molecular formula is C17H21ClN2S. The molecule has 0 N–H and O–H groups in total. The third-order valence-corrected chi connectivity index (χ3v) is 5.17. The zero-order valence-electron chi connectivity index (χ0n) is 12.4. The second-order valence-corrected chi connectivity index (χ2v) is 6.87. The highest BCUT2D eigenvalue weighted by Gasteiger charge is 2.23. The Hall–Kier alpha value is -0.900. The highest BCUT2D eigenvalue weighted by atomic mass is 35.5. The van der Waals surface area contributed by atoms with E-state index in [2.05, 4.69) is 41.1 Å². The quantitative estimate of drug-likeness (QED) is 0.682. The summed E-state index contributed by atoms with van der Waals surface area (Å²) in [5.41, 5.74) is 3.53. The Kier molecular flexibility index (Phi) is 4.94. The number of nitrogens with zero attached hydrogens (tertiary/aromatic N) is 2. The van der Waals surface area contributed by atoms with Gasteiger partial charge >= 0.3 is 0 Å². The minimum Gasteiger partial charge on any atom is -0.299 e. The van der Waals surface area contributed by atoms with Crippen LogP contribution in [0.3, 0.4) is 0 Å². The van der Waals surface area contributed by atoms with E-state index in [4.69, 9.17) is 11.6 Å². The van der Waals surface area contributed by atoms with Crippen molar-refractivity contribution in [3.8, 4) is 10.6 Å². The molecule has 4 heteroatoms. The summed E-state index contributed by atoms with van der Waals surface area (Å²) >= 11 is 7.47. The average molecular weight is 321 g/mol. The molecule has 2 nitrogen and oxygen atoms in total. The Bertz CT molecular complexity index is 575. The summed E-state index contributed by atoms with van der Waals surface area (Å²) in [6.45, 7) is 5.69. The Morgan fingerprint density at radius 2 is 2.05 bits per heavy atom. The first kappa shape index (κ1) is 15.0. The second-order valence-electron chi connectivity index (χ2n) is 5.75. The SMILES string of the molecule is CCN(Cc1ccc(-c2nc(CCl)cs2)cc1)CC1CC1. The molecule has 3 rings (SSSR count). The normalized spacial score (nSPS) is 14.8. The van der Waals surface area contributed by atoms with Gasteiger partial charge < -0.3 is 0 Å². The van der Waals surface area contributed by atoms with Crippen LogP contribution in [0.2, 0.25) is 0 Å². The standard InChI is InChI=1S/C17H21ClN2S/c1-2-20(10-13-3-4-13)11-14-5-7-15(8-6-14)17-19-16(9-18)12-21-17/h5-8,12-13H,2-4,9-11H2,1H3. The van der Waals surface area contributed by atoms with Crippen LogP contribution in [0.1, 0.15) is 31.0 Å². The van der Waals surface area contributed by atoms with Crippen LogP contribution in [-0.2, 0) is 12.4 Å². The number of hydrogen-bond donors (Lipinski definition) is 0. The van der Waals surface area contributed by atoms with Crippen LogP contribution in [0.25, 0.3) is 10.6 Å². The predicted molar refractivity (Wildman–Crippen MR) is 90.8 cm³/mol. The van der Waals surface area contributed by atoms with E-state index in [1.807, 2.05) is 5.38 Å². The molecule has 0 atom stereocenters. The van der Waals surface area contributed by atoms with Crippen LogP contribution in [-0.4, -0.2) is 23.0 Å². The molecule has 1 aliphatic rings. The summed E-state index contributed by atoms with van der Waals surface area (Å²) in [5.74, 6) is 1.44. The molecule has 0 aliphatic heterocycles. The molecule has 1 aromatic carbocycles. The van der Waals surface area contributed by atoms with Crippen LogP contribution in [0, 0.1) is 5.92 Å². The lowest BCUT2D eigenvalue weighted by Gasteiger charge is -2.20. The lowest BCUT2D eigenvalue weighted by molar-refractivity contribution is 0.268. The summed E-state index contributed by atoms with van der Waals surface area (Å²) in [6.07, 6.45) is 2.84. The third kappa shape index (κ3) is 4.06. The monoisotopic (exact) mass is 320 g/mol. The molecule has 0 radical (unpaired) electrons. The molecule has 0 saturated heterocycles. The van der Waals surface area contributed by atoms with Gasteiger partial charge in [0.05, 0.1) is 11.6 Å². The topological polar surface area (TPSA) is 16.1 Å². The van der Waals surface area contributed by atoms with Gasteiger partial charge in [-0.15, -0.1) is 22.9 Å². The van der Waals surface area contributed by atoms with Gasteiger partial charge in [0, 0.05) is 24.0 Å². The Morgan fingerprint density at radius 3 is 2.62 bits per heavy atom.